The molecule has 1 aliphatic rings. The summed E-state index contributed by atoms with van der Waals surface area (Å²) in [7, 11) is 1.83. The van der Waals surface area contributed by atoms with Crippen molar-refractivity contribution in [3.05, 3.63) is 35.4 Å². The Kier molecular flexibility index (Phi) is 6.40. The van der Waals surface area contributed by atoms with Crippen molar-refractivity contribution in [3.8, 4) is 0 Å². The summed E-state index contributed by atoms with van der Waals surface area (Å²) < 4.78 is 11.3. The molecular formula is C18H27NO3. The third-order valence-electron chi connectivity index (χ3n) is 4.20. The molecule has 0 spiro atoms. The molecule has 1 fully saturated rings. The largest absolute Gasteiger partial charge is 0.376 e. The number of rotatable bonds is 6. The number of hydrogen-bond donors (Lipinski definition) is 0. The molecule has 1 aromatic carbocycles. The van der Waals surface area contributed by atoms with Crippen LogP contribution in [0.4, 0.5) is 0 Å². The van der Waals surface area contributed by atoms with Crippen molar-refractivity contribution in [3.63, 3.8) is 0 Å². The third-order valence-corrected chi connectivity index (χ3v) is 4.20. The lowest BCUT2D eigenvalue weighted by atomic mass is 10.1. The highest BCUT2D eigenvalue weighted by molar-refractivity contribution is 5.80. The van der Waals surface area contributed by atoms with Crippen molar-refractivity contribution in [1.82, 2.24) is 4.90 Å². The van der Waals surface area contributed by atoms with Crippen molar-refractivity contribution in [2.45, 2.75) is 51.9 Å². The molecule has 0 bridgehead atoms. The molecule has 0 aromatic heterocycles. The second-order valence-electron chi connectivity index (χ2n) is 6.08. The highest BCUT2D eigenvalue weighted by atomic mass is 16.5. The first-order valence-electron chi connectivity index (χ1n) is 8.10. The van der Waals surface area contributed by atoms with Gasteiger partial charge in [0.25, 0.3) is 5.91 Å². The van der Waals surface area contributed by atoms with Crippen LogP contribution in [0.2, 0.25) is 0 Å². The fourth-order valence-electron chi connectivity index (χ4n) is 2.69. The van der Waals surface area contributed by atoms with Crippen LogP contribution in [-0.4, -0.2) is 43.3 Å². The zero-order chi connectivity index (χ0) is 15.9. The minimum absolute atomic E-state index is 0.0130. The third kappa shape index (κ3) is 4.82. The Labute approximate surface area is 133 Å². The Morgan fingerprint density at radius 2 is 2.18 bits per heavy atom. The summed E-state index contributed by atoms with van der Waals surface area (Å²) in [6.07, 6.45) is 3.05. The van der Waals surface area contributed by atoms with Gasteiger partial charge < -0.3 is 14.4 Å². The fraction of sp³-hybridized carbons (Fsp3) is 0.611. The van der Waals surface area contributed by atoms with Gasteiger partial charge in [-0.1, -0.05) is 24.3 Å². The van der Waals surface area contributed by atoms with Gasteiger partial charge in [-0.3, -0.25) is 4.79 Å². The topological polar surface area (TPSA) is 38.8 Å². The van der Waals surface area contributed by atoms with E-state index in [0.717, 1.165) is 19.4 Å². The van der Waals surface area contributed by atoms with Gasteiger partial charge in [0.1, 0.15) is 6.10 Å². The number of benzene rings is 1. The molecule has 1 amide bonds. The second-order valence-corrected chi connectivity index (χ2v) is 6.08. The first kappa shape index (κ1) is 17.0. The molecule has 4 heteroatoms. The van der Waals surface area contributed by atoms with Crippen LogP contribution in [0.25, 0.3) is 0 Å². The van der Waals surface area contributed by atoms with Crippen LogP contribution in [-0.2, 0) is 20.8 Å². The van der Waals surface area contributed by atoms with Crippen molar-refractivity contribution in [2.75, 3.05) is 20.3 Å². The van der Waals surface area contributed by atoms with Crippen LogP contribution in [0.15, 0.2) is 24.3 Å². The van der Waals surface area contributed by atoms with E-state index >= 15 is 0 Å². The number of hydrogen-bond acceptors (Lipinski definition) is 3. The minimum Gasteiger partial charge on any atom is -0.376 e. The molecule has 0 saturated carbocycles. The van der Waals surface area contributed by atoms with Crippen LogP contribution in [0.5, 0.6) is 0 Å². The highest BCUT2D eigenvalue weighted by Crippen LogP contribution is 2.14. The van der Waals surface area contributed by atoms with Crippen LogP contribution < -0.4 is 0 Å². The molecule has 122 valence electrons. The van der Waals surface area contributed by atoms with Gasteiger partial charge in [-0.15, -0.1) is 0 Å². The van der Waals surface area contributed by atoms with Gasteiger partial charge >= 0.3 is 0 Å². The van der Waals surface area contributed by atoms with Crippen molar-refractivity contribution < 1.29 is 14.3 Å². The predicted molar refractivity (Wildman–Crippen MR) is 86.7 cm³/mol. The first-order valence-corrected chi connectivity index (χ1v) is 8.10. The molecule has 4 nitrogen and oxygen atoms in total. The van der Waals surface area contributed by atoms with Gasteiger partial charge in [-0.25, -0.2) is 0 Å². The molecule has 0 radical (unpaired) electrons. The summed E-state index contributed by atoms with van der Waals surface area (Å²) in [6.45, 7) is 5.81. The first-order chi connectivity index (χ1) is 10.6. The smallest absolute Gasteiger partial charge is 0.251 e. The molecule has 1 heterocycles. The van der Waals surface area contributed by atoms with E-state index in [1.165, 1.54) is 17.5 Å². The van der Waals surface area contributed by atoms with Gasteiger partial charge in [0.15, 0.2) is 0 Å². The zero-order valence-corrected chi connectivity index (χ0v) is 13.9. The quantitative estimate of drug-likeness (QED) is 0.811. The van der Waals surface area contributed by atoms with E-state index < -0.39 is 6.10 Å². The number of aryl methyl sites for hydroxylation is 1. The number of carbonyl (C=O) groups is 1. The molecule has 2 atom stereocenters. The molecule has 1 aromatic rings. The molecule has 2 rings (SSSR count). The Hall–Kier alpha value is -1.39. The summed E-state index contributed by atoms with van der Waals surface area (Å²) in [6, 6.07) is 8.13. The van der Waals surface area contributed by atoms with E-state index in [9.17, 15) is 4.79 Å². The van der Waals surface area contributed by atoms with E-state index in [4.69, 9.17) is 9.47 Å². The Morgan fingerprint density at radius 3 is 2.86 bits per heavy atom. The van der Waals surface area contributed by atoms with Gasteiger partial charge in [0, 0.05) is 20.2 Å². The number of ether oxygens (including phenoxy) is 2. The van der Waals surface area contributed by atoms with Gasteiger partial charge in [-0.2, -0.15) is 0 Å². The fourth-order valence-corrected chi connectivity index (χ4v) is 2.69. The molecule has 1 aliphatic heterocycles. The number of nitrogens with zero attached hydrogens (tertiary/aromatic N) is 1. The summed E-state index contributed by atoms with van der Waals surface area (Å²) >= 11 is 0. The summed E-state index contributed by atoms with van der Waals surface area (Å²) in [5.74, 6) is 0.0130. The van der Waals surface area contributed by atoms with E-state index in [1.54, 1.807) is 4.90 Å². The maximum Gasteiger partial charge on any atom is 0.251 e. The standard InChI is InChI=1S/C18H27NO3/c1-14-8-4-5-9-16(14)12-19(3)18(20)15(2)22-13-17-10-6-7-11-21-17/h4-5,8-9,15,17H,6-7,10-13H2,1-3H3. The molecule has 1 saturated heterocycles. The zero-order valence-electron chi connectivity index (χ0n) is 13.9. The van der Waals surface area contributed by atoms with Crippen molar-refractivity contribution in [1.29, 1.82) is 0 Å². The molecule has 0 N–H and O–H groups in total. The average molecular weight is 305 g/mol. The Balaban J connectivity index is 1.80. The summed E-state index contributed by atoms with van der Waals surface area (Å²) in [5.41, 5.74) is 2.37. The Morgan fingerprint density at radius 1 is 1.41 bits per heavy atom. The second kappa shape index (κ2) is 8.30. The number of amides is 1. The monoisotopic (exact) mass is 305 g/mol. The highest BCUT2D eigenvalue weighted by Gasteiger charge is 2.21. The molecule has 22 heavy (non-hydrogen) atoms. The van der Waals surface area contributed by atoms with E-state index in [2.05, 4.69) is 19.1 Å². The van der Waals surface area contributed by atoms with Crippen LogP contribution in [0, 0.1) is 6.92 Å². The summed E-state index contributed by atoms with van der Waals surface area (Å²) in [5, 5.41) is 0. The SMILES string of the molecule is Cc1ccccc1CN(C)C(=O)C(C)OCC1CCCCO1. The molecule has 0 aliphatic carbocycles. The lowest BCUT2D eigenvalue weighted by molar-refractivity contribution is -0.145. The van der Waals surface area contributed by atoms with E-state index in [-0.39, 0.29) is 12.0 Å². The Bertz CT molecular complexity index is 483. The molecular weight excluding hydrogens is 278 g/mol. The van der Waals surface area contributed by atoms with Crippen molar-refractivity contribution in [2.24, 2.45) is 0 Å². The normalized spacial score (nSPS) is 19.7. The van der Waals surface area contributed by atoms with E-state index in [1.807, 2.05) is 26.1 Å². The van der Waals surface area contributed by atoms with Crippen molar-refractivity contribution >= 4 is 5.91 Å². The maximum absolute atomic E-state index is 12.4. The molecule has 2 unspecified atom stereocenters. The minimum atomic E-state index is -0.431. The summed E-state index contributed by atoms with van der Waals surface area (Å²) in [4.78, 5) is 14.1. The lowest BCUT2D eigenvalue weighted by Crippen LogP contribution is -2.38. The maximum atomic E-state index is 12.4. The predicted octanol–water partition coefficient (Wildman–Crippen LogP) is 2.93. The van der Waals surface area contributed by atoms with Crippen LogP contribution in [0.3, 0.4) is 0 Å². The van der Waals surface area contributed by atoms with Gasteiger partial charge in [0.05, 0.1) is 12.7 Å². The van der Waals surface area contributed by atoms with E-state index in [0.29, 0.717) is 13.2 Å². The van der Waals surface area contributed by atoms with Gasteiger partial charge in [-0.05, 0) is 44.2 Å². The number of likely N-dealkylation sites (N-methyl/N-ethyl adjacent to an activating group) is 1. The van der Waals surface area contributed by atoms with Crippen LogP contribution >= 0.6 is 0 Å². The van der Waals surface area contributed by atoms with Crippen LogP contribution in [0.1, 0.15) is 37.3 Å². The number of carbonyl (C=O) groups excluding carboxylic acids is 1. The average Bonchev–Trinajstić information content (AvgIpc) is 2.55. The van der Waals surface area contributed by atoms with Gasteiger partial charge in [0.2, 0.25) is 0 Å². The lowest BCUT2D eigenvalue weighted by Gasteiger charge is -2.26.